The fraction of sp³-hybridized carbons (Fsp3) is 0.533. The van der Waals surface area contributed by atoms with Gasteiger partial charge < -0.3 is 14.6 Å². The van der Waals surface area contributed by atoms with Gasteiger partial charge in [0.15, 0.2) is 11.5 Å². The first-order valence-corrected chi connectivity index (χ1v) is 6.77. The first-order chi connectivity index (χ1) is 9.56. The summed E-state index contributed by atoms with van der Waals surface area (Å²) in [5, 5.41) is 8.81. The molecule has 1 aromatic rings. The number of halogens is 1. The molecule has 1 aromatic carbocycles. The van der Waals surface area contributed by atoms with E-state index >= 15 is 0 Å². The fourth-order valence-corrected chi connectivity index (χ4v) is 2.74. The van der Waals surface area contributed by atoms with Crippen molar-refractivity contribution >= 4 is 18.4 Å². The maximum Gasteiger partial charge on any atom is 0.304 e. The third-order valence-corrected chi connectivity index (χ3v) is 3.92. The average Bonchev–Trinajstić information content (AvgIpc) is 2.45. The van der Waals surface area contributed by atoms with Crippen LogP contribution >= 0.6 is 12.4 Å². The monoisotopic (exact) mass is 315 g/mol. The van der Waals surface area contributed by atoms with E-state index < -0.39 is 5.97 Å². The fourth-order valence-electron chi connectivity index (χ4n) is 2.74. The van der Waals surface area contributed by atoms with Crippen LogP contribution in [-0.2, 0) is 11.2 Å². The van der Waals surface area contributed by atoms with Crippen molar-refractivity contribution in [1.29, 1.82) is 0 Å². The SMILES string of the molecule is COc1cc2c(cc1OC)[C@H](C)N(CCC(=O)O)CC2.Cl. The molecule has 0 aliphatic carbocycles. The second-order valence-electron chi connectivity index (χ2n) is 5.01. The zero-order valence-electron chi connectivity index (χ0n) is 12.6. The number of nitrogens with zero attached hydrogens (tertiary/aromatic N) is 1. The van der Waals surface area contributed by atoms with E-state index in [0.717, 1.165) is 24.5 Å². The minimum Gasteiger partial charge on any atom is -0.493 e. The van der Waals surface area contributed by atoms with Gasteiger partial charge in [-0.05, 0) is 36.6 Å². The number of carboxylic acids is 1. The molecule has 0 saturated carbocycles. The van der Waals surface area contributed by atoms with Gasteiger partial charge >= 0.3 is 5.97 Å². The topological polar surface area (TPSA) is 59.0 Å². The highest BCUT2D eigenvalue weighted by Gasteiger charge is 2.25. The van der Waals surface area contributed by atoms with Gasteiger partial charge in [0.2, 0.25) is 0 Å². The molecule has 1 N–H and O–H groups in total. The van der Waals surface area contributed by atoms with Crippen LogP contribution in [0.25, 0.3) is 0 Å². The molecule has 0 aromatic heterocycles. The minimum absolute atomic E-state index is 0. The average molecular weight is 316 g/mol. The Morgan fingerprint density at radius 1 is 1.33 bits per heavy atom. The maximum atomic E-state index is 10.7. The Hall–Kier alpha value is -1.46. The van der Waals surface area contributed by atoms with Gasteiger partial charge in [-0.25, -0.2) is 0 Å². The second-order valence-corrected chi connectivity index (χ2v) is 5.01. The lowest BCUT2D eigenvalue weighted by molar-refractivity contribution is -0.137. The summed E-state index contributed by atoms with van der Waals surface area (Å²) in [7, 11) is 3.26. The molecule has 6 heteroatoms. The second kappa shape index (κ2) is 7.52. The Kier molecular flexibility index (Phi) is 6.30. The van der Waals surface area contributed by atoms with E-state index in [1.165, 1.54) is 11.1 Å². The third kappa shape index (κ3) is 3.80. The molecule has 1 atom stereocenters. The minimum atomic E-state index is -0.754. The Bertz CT molecular complexity index is 507. The molecule has 0 radical (unpaired) electrons. The van der Waals surface area contributed by atoms with E-state index in [2.05, 4.69) is 11.8 Å². The number of hydrogen-bond acceptors (Lipinski definition) is 4. The molecule has 2 rings (SSSR count). The van der Waals surface area contributed by atoms with E-state index in [-0.39, 0.29) is 24.9 Å². The van der Waals surface area contributed by atoms with Gasteiger partial charge in [-0.2, -0.15) is 0 Å². The van der Waals surface area contributed by atoms with E-state index in [0.29, 0.717) is 6.54 Å². The number of methoxy groups -OCH3 is 2. The molecule has 0 fully saturated rings. The van der Waals surface area contributed by atoms with E-state index in [1.54, 1.807) is 14.2 Å². The molecule has 0 unspecified atom stereocenters. The first-order valence-electron chi connectivity index (χ1n) is 6.77. The van der Waals surface area contributed by atoms with Crippen molar-refractivity contribution in [3.8, 4) is 11.5 Å². The van der Waals surface area contributed by atoms with Crippen LogP contribution in [0, 0.1) is 0 Å². The van der Waals surface area contributed by atoms with Gasteiger partial charge in [0, 0.05) is 19.1 Å². The van der Waals surface area contributed by atoms with Crippen LogP contribution in [0.1, 0.15) is 30.5 Å². The normalized spacial score (nSPS) is 17.6. The summed E-state index contributed by atoms with van der Waals surface area (Å²) in [6.45, 7) is 3.55. The molecular formula is C15H22ClNO4. The highest BCUT2D eigenvalue weighted by molar-refractivity contribution is 5.85. The van der Waals surface area contributed by atoms with Gasteiger partial charge in [0.25, 0.3) is 0 Å². The standard InChI is InChI=1S/C15H21NO4.ClH/c1-10-12-9-14(20-3)13(19-2)8-11(12)4-6-16(10)7-5-15(17)18;/h8-10H,4-7H2,1-3H3,(H,17,18);1H/t10-;/m0./s1. The predicted octanol–water partition coefficient (Wildman–Crippen LogP) is 2.52. The van der Waals surface area contributed by atoms with Gasteiger partial charge in [-0.1, -0.05) is 0 Å². The van der Waals surface area contributed by atoms with Crippen LogP contribution in [0.4, 0.5) is 0 Å². The molecule has 0 spiro atoms. The number of carbonyl (C=O) groups is 1. The van der Waals surface area contributed by atoms with Crippen molar-refractivity contribution in [3.05, 3.63) is 23.3 Å². The van der Waals surface area contributed by atoms with Gasteiger partial charge in [0.05, 0.1) is 20.6 Å². The van der Waals surface area contributed by atoms with Crippen molar-refractivity contribution in [2.75, 3.05) is 27.3 Å². The lowest BCUT2D eigenvalue weighted by Gasteiger charge is -2.35. The lowest BCUT2D eigenvalue weighted by atomic mass is 9.92. The van der Waals surface area contributed by atoms with Crippen molar-refractivity contribution in [1.82, 2.24) is 4.90 Å². The molecule has 1 aliphatic heterocycles. The van der Waals surface area contributed by atoms with Gasteiger partial charge in [-0.3, -0.25) is 9.69 Å². The summed E-state index contributed by atoms with van der Waals surface area (Å²) in [4.78, 5) is 12.9. The molecule has 1 aliphatic rings. The lowest BCUT2D eigenvalue weighted by Crippen LogP contribution is -2.35. The summed E-state index contributed by atoms with van der Waals surface area (Å²) in [6, 6.07) is 4.23. The predicted molar refractivity (Wildman–Crippen MR) is 82.7 cm³/mol. The Morgan fingerprint density at radius 2 is 1.95 bits per heavy atom. The van der Waals surface area contributed by atoms with Crippen LogP contribution in [0.15, 0.2) is 12.1 Å². The van der Waals surface area contributed by atoms with Crippen molar-refractivity contribution in [3.63, 3.8) is 0 Å². The molecule has 1 heterocycles. The number of rotatable bonds is 5. The molecule has 0 amide bonds. The zero-order valence-corrected chi connectivity index (χ0v) is 13.4. The molecule has 0 bridgehead atoms. The van der Waals surface area contributed by atoms with Crippen LogP contribution in [-0.4, -0.2) is 43.3 Å². The summed E-state index contributed by atoms with van der Waals surface area (Å²) in [5.74, 6) is 0.714. The smallest absolute Gasteiger partial charge is 0.304 e. The van der Waals surface area contributed by atoms with E-state index in [9.17, 15) is 4.79 Å². The molecule has 21 heavy (non-hydrogen) atoms. The Morgan fingerprint density at radius 3 is 2.52 bits per heavy atom. The third-order valence-electron chi connectivity index (χ3n) is 3.92. The van der Waals surface area contributed by atoms with E-state index in [1.807, 2.05) is 12.1 Å². The number of carboxylic acid groups (broad SMARTS) is 1. The summed E-state index contributed by atoms with van der Waals surface area (Å²) in [5.41, 5.74) is 2.45. The molecule has 5 nitrogen and oxygen atoms in total. The van der Waals surface area contributed by atoms with Crippen LogP contribution in [0.3, 0.4) is 0 Å². The van der Waals surface area contributed by atoms with Gasteiger partial charge in [0.1, 0.15) is 0 Å². The first kappa shape index (κ1) is 17.6. The van der Waals surface area contributed by atoms with E-state index in [4.69, 9.17) is 14.6 Å². The van der Waals surface area contributed by atoms with Crippen LogP contribution in [0.5, 0.6) is 11.5 Å². The largest absolute Gasteiger partial charge is 0.493 e. The summed E-state index contributed by atoms with van der Waals surface area (Å²) >= 11 is 0. The Labute approximate surface area is 131 Å². The van der Waals surface area contributed by atoms with Crippen molar-refractivity contribution < 1.29 is 19.4 Å². The Balaban J connectivity index is 0.00000220. The van der Waals surface area contributed by atoms with Gasteiger partial charge in [-0.15, -0.1) is 12.4 Å². The number of benzene rings is 1. The number of ether oxygens (including phenoxy) is 2. The number of hydrogen-bond donors (Lipinski definition) is 1. The molecular weight excluding hydrogens is 294 g/mol. The molecule has 118 valence electrons. The van der Waals surface area contributed by atoms with Crippen molar-refractivity contribution in [2.45, 2.75) is 25.8 Å². The highest BCUT2D eigenvalue weighted by atomic mass is 35.5. The quantitative estimate of drug-likeness (QED) is 0.904. The maximum absolute atomic E-state index is 10.7. The van der Waals surface area contributed by atoms with Crippen LogP contribution in [0.2, 0.25) is 0 Å². The number of fused-ring (bicyclic) bond motifs is 1. The van der Waals surface area contributed by atoms with Crippen LogP contribution < -0.4 is 9.47 Å². The highest BCUT2D eigenvalue weighted by Crippen LogP contribution is 2.37. The zero-order chi connectivity index (χ0) is 14.7. The van der Waals surface area contributed by atoms with Crippen molar-refractivity contribution in [2.24, 2.45) is 0 Å². The summed E-state index contributed by atoms with van der Waals surface area (Å²) < 4.78 is 10.7. The molecule has 0 saturated heterocycles. The number of aliphatic carboxylic acids is 1. The summed E-state index contributed by atoms with van der Waals surface area (Å²) in [6.07, 6.45) is 1.08.